The van der Waals surface area contributed by atoms with Crippen LogP contribution < -0.4 is 17.0 Å². The van der Waals surface area contributed by atoms with Gasteiger partial charge in [-0.25, -0.2) is 0 Å². The molecule has 0 aromatic heterocycles. The quantitative estimate of drug-likeness (QED) is 0.404. The first-order valence-electron chi connectivity index (χ1n) is 4.69. The van der Waals surface area contributed by atoms with Gasteiger partial charge in [0.15, 0.2) is 0 Å². The zero-order chi connectivity index (χ0) is 10.7. The standard InChI is InChI=1S/3C4H9.BrH.Hf/c3*1-4(2)3;;/h3*4H,1H2,2-3H3;1H;/q3*-1;;+4/p-1. The average molecular weight is 430 g/mol. The molecule has 0 aromatic rings. The minimum absolute atomic E-state index is 0. The van der Waals surface area contributed by atoms with Crippen molar-refractivity contribution in [1.82, 2.24) is 0 Å². The Balaban J connectivity index is -0.0000000270. The maximum absolute atomic E-state index is 3.64. The molecule has 0 heterocycles. The molecule has 0 saturated carbocycles. The summed E-state index contributed by atoms with van der Waals surface area (Å²) in [7, 11) is 0. The van der Waals surface area contributed by atoms with Crippen molar-refractivity contribution in [3.05, 3.63) is 20.8 Å². The van der Waals surface area contributed by atoms with Crippen LogP contribution in [-0.2, 0) is 25.8 Å². The first-order chi connectivity index (χ1) is 5.20. The van der Waals surface area contributed by atoms with Crippen LogP contribution in [-0.4, -0.2) is 0 Å². The molecule has 0 aromatic carbocycles. The summed E-state index contributed by atoms with van der Waals surface area (Å²) in [6.45, 7) is 23.2. The molecule has 0 aliphatic carbocycles. The SMILES string of the molecule is [Br-].[CH2-]C(C)C.[CH2-]C(C)C.[CH2-]C(C)C.[Hf+4]. The summed E-state index contributed by atoms with van der Waals surface area (Å²) in [5.74, 6) is 1.75. The van der Waals surface area contributed by atoms with E-state index in [0.29, 0.717) is 17.8 Å². The molecular weight excluding hydrogens is 403 g/mol. The van der Waals surface area contributed by atoms with E-state index >= 15 is 0 Å². The smallest absolute Gasteiger partial charge is 1.00 e. The Kier molecular flexibility index (Phi) is 50.3. The van der Waals surface area contributed by atoms with E-state index in [1.165, 1.54) is 0 Å². The largest absolute Gasteiger partial charge is 4.00 e. The van der Waals surface area contributed by atoms with Crippen LogP contribution in [0.3, 0.4) is 0 Å². The molecule has 0 aliphatic rings. The van der Waals surface area contributed by atoms with E-state index in [1.54, 1.807) is 0 Å². The molecule has 0 unspecified atom stereocenters. The van der Waals surface area contributed by atoms with Crippen molar-refractivity contribution in [2.75, 3.05) is 0 Å². The zero-order valence-electron chi connectivity index (χ0n) is 10.7. The average Bonchev–Trinajstić information content (AvgIpc) is 1.54. The molecule has 0 radical (unpaired) electrons. The minimum Gasteiger partial charge on any atom is -1.00 e. The van der Waals surface area contributed by atoms with Crippen molar-refractivity contribution in [3.63, 3.8) is 0 Å². The molecular formula is C12H27BrHf. The molecule has 86 valence electrons. The number of hydrogen-bond acceptors (Lipinski definition) is 0. The fourth-order valence-corrected chi connectivity index (χ4v) is 0. The number of hydrogen-bond donors (Lipinski definition) is 0. The monoisotopic (exact) mass is 430 g/mol. The van der Waals surface area contributed by atoms with Crippen molar-refractivity contribution in [1.29, 1.82) is 0 Å². The molecule has 0 bridgehead atoms. The van der Waals surface area contributed by atoms with E-state index in [-0.39, 0.29) is 42.8 Å². The van der Waals surface area contributed by atoms with Crippen LogP contribution in [0.4, 0.5) is 0 Å². The molecule has 0 nitrogen and oxygen atoms in total. The number of halogens is 1. The van der Waals surface area contributed by atoms with E-state index in [9.17, 15) is 0 Å². The van der Waals surface area contributed by atoms with Gasteiger partial charge in [-0.3, -0.25) is 0 Å². The Morgan fingerprint density at radius 3 is 0.571 bits per heavy atom. The normalized spacial score (nSPS) is 7.71. The van der Waals surface area contributed by atoms with E-state index in [1.807, 2.05) is 0 Å². The molecule has 0 spiro atoms. The van der Waals surface area contributed by atoms with Crippen LogP contribution >= 0.6 is 0 Å². The van der Waals surface area contributed by atoms with Gasteiger partial charge in [-0.15, -0.1) is 0 Å². The Morgan fingerprint density at radius 1 is 0.571 bits per heavy atom. The number of rotatable bonds is 0. The van der Waals surface area contributed by atoms with Crippen LogP contribution in [0.5, 0.6) is 0 Å². The molecule has 0 saturated heterocycles. The third kappa shape index (κ3) is 1120. The van der Waals surface area contributed by atoms with Crippen LogP contribution in [0.15, 0.2) is 0 Å². The fraction of sp³-hybridized carbons (Fsp3) is 0.750. The molecule has 2 heteroatoms. The molecule has 0 fully saturated rings. The molecule has 0 aliphatic heterocycles. The van der Waals surface area contributed by atoms with E-state index in [4.69, 9.17) is 0 Å². The third-order valence-electron chi connectivity index (χ3n) is 0. The van der Waals surface area contributed by atoms with Gasteiger partial charge in [0.2, 0.25) is 0 Å². The van der Waals surface area contributed by atoms with Gasteiger partial charge in [-0.05, 0) is 0 Å². The van der Waals surface area contributed by atoms with Crippen molar-refractivity contribution in [2.45, 2.75) is 41.5 Å². The summed E-state index contributed by atoms with van der Waals surface area (Å²) >= 11 is 0. The first-order valence-corrected chi connectivity index (χ1v) is 4.69. The maximum Gasteiger partial charge on any atom is 4.00 e. The molecule has 0 rings (SSSR count). The Bertz CT molecular complexity index is 38.8. The molecule has 0 N–H and O–H groups in total. The Morgan fingerprint density at radius 2 is 0.571 bits per heavy atom. The van der Waals surface area contributed by atoms with Crippen molar-refractivity contribution < 1.29 is 42.8 Å². The second kappa shape index (κ2) is 23.9. The van der Waals surface area contributed by atoms with Gasteiger partial charge >= 0.3 is 25.8 Å². The summed E-state index contributed by atoms with van der Waals surface area (Å²) in [6, 6.07) is 0. The van der Waals surface area contributed by atoms with Gasteiger partial charge in [-0.1, -0.05) is 41.5 Å². The van der Waals surface area contributed by atoms with Crippen LogP contribution in [0.25, 0.3) is 0 Å². The summed E-state index contributed by atoms with van der Waals surface area (Å²) in [5, 5.41) is 0. The second-order valence-corrected chi connectivity index (χ2v) is 4.18. The fourth-order valence-electron chi connectivity index (χ4n) is 0. The first kappa shape index (κ1) is 29.5. The Hall–Kier alpha value is 1.35. The predicted molar refractivity (Wildman–Crippen MR) is 60.6 cm³/mol. The van der Waals surface area contributed by atoms with Crippen LogP contribution in [0, 0.1) is 38.5 Å². The van der Waals surface area contributed by atoms with Crippen molar-refractivity contribution in [2.24, 2.45) is 17.8 Å². The van der Waals surface area contributed by atoms with Gasteiger partial charge in [0.05, 0.1) is 0 Å². The zero-order valence-corrected chi connectivity index (χ0v) is 15.9. The van der Waals surface area contributed by atoms with Crippen LogP contribution in [0.1, 0.15) is 41.5 Å². The van der Waals surface area contributed by atoms with E-state index < -0.39 is 0 Å². The summed E-state index contributed by atoms with van der Waals surface area (Å²) < 4.78 is 0. The molecule has 0 amide bonds. The topological polar surface area (TPSA) is 0 Å². The van der Waals surface area contributed by atoms with Gasteiger partial charge < -0.3 is 37.8 Å². The van der Waals surface area contributed by atoms with Gasteiger partial charge in [-0.2, -0.15) is 17.8 Å². The van der Waals surface area contributed by atoms with Gasteiger partial charge in [0.1, 0.15) is 0 Å². The molecule has 0 atom stereocenters. The second-order valence-electron chi connectivity index (χ2n) is 4.18. The van der Waals surface area contributed by atoms with E-state index in [2.05, 4.69) is 62.3 Å². The maximum atomic E-state index is 3.64. The summed E-state index contributed by atoms with van der Waals surface area (Å²) in [4.78, 5) is 0. The minimum atomic E-state index is 0. The Labute approximate surface area is 122 Å². The van der Waals surface area contributed by atoms with Crippen LogP contribution in [0.2, 0.25) is 0 Å². The third-order valence-corrected chi connectivity index (χ3v) is 0. The van der Waals surface area contributed by atoms with Gasteiger partial charge in [0, 0.05) is 0 Å². The van der Waals surface area contributed by atoms with Gasteiger partial charge in [0.25, 0.3) is 0 Å². The van der Waals surface area contributed by atoms with E-state index in [0.717, 1.165) is 0 Å². The summed E-state index contributed by atoms with van der Waals surface area (Å²) in [6.07, 6.45) is 0. The van der Waals surface area contributed by atoms with Crippen molar-refractivity contribution in [3.8, 4) is 0 Å². The molecule has 14 heavy (non-hydrogen) atoms. The van der Waals surface area contributed by atoms with Crippen molar-refractivity contribution >= 4 is 0 Å². The summed E-state index contributed by atoms with van der Waals surface area (Å²) in [5.41, 5.74) is 0. The predicted octanol–water partition coefficient (Wildman–Crippen LogP) is 1.43.